The van der Waals surface area contributed by atoms with E-state index in [1.807, 2.05) is 6.07 Å². The second kappa shape index (κ2) is 15.7. The van der Waals surface area contributed by atoms with Crippen LogP contribution < -0.4 is 21.1 Å². The lowest BCUT2D eigenvalue weighted by Crippen LogP contribution is -2.32. The maximum Gasteiger partial charge on any atom is 0.407 e. The molecule has 4 aromatic rings. The van der Waals surface area contributed by atoms with Gasteiger partial charge in [0.2, 0.25) is 0 Å². The molecule has 11 nitrogen and oxygen atoms in total. The van der Waals surface area contributed by atoms with Crippen molar-refractivity contribution in [2.24, 2.45) is 0 Å². The highest BCUT2D eigenvalue weighted by molar-refractivity contribution is 7.92. The number of pyridine rings is 1. The van der Waals surface area contributed by atoms with E-state index in [1.54, 1.807) is 63.2 Å². The zero-order valence-electron chi connectivity index (χ0n) is 28.8. The number of nitrogens with one attached hydrogen (secondary N) is 3. The van der Waals surface area contributed by atoms with Crippen LogP contribution in [0.4, 0.5) is 20.7 Å². The molecule has 13 heteroatoms. The summed E-state index contributed by atoms with van der Waals surface area (Å²) in [5, 5.41) is 5.51. The molecule has 1 aliphatic rings. The molecule has 0 aliphatic carbocycles. The zero-order chi connectivity index (χ0) is 36.8. The van der Waals surface area contributed by atoms with Crippen LogP contribution in [0.5, 0.6) is 0 Å². The highest BCUT2D eigenvalue weighted by atomic mass is 32.2. The molecule has 2 amide bonds. The van der Waals surface area contributed by atoms with Crippen molar-refractivity contribution in [3.8, 4) is 22.3 Å². The number of Topliss-reactive ketones (excluding diaryl/α,β-unsaturated/α-hetero) is 1. The normalized spacial score (nSPS) is 12.8. The zero-order valence-corrected chi connectivity index (χ0v) is 29.7. The van der Waals surface area contributed by atoms with Gasteiger partial charge >= 0.3 is 6.09 Å². The average molecular weight is 716 g/mol. The van der Waals surface area contributed by atoms with E-state index < -0.39 is 27.5 Å². The number of unbranched alkanes of at least 4 members (excludes halogenated alkanes) is 2. The Morgan fingerprint density at radius 2 is 1.75 bits per heavy atom. The molecule has 0 bridgehead atoms. The number of nitrogens with zero attached hydrogens (tertiary/aromatic N) is 1. The molecule has 1 aliphatic heterocycles. The molecule has 51 heavy (non-hydrogen) atoms. The first-order chi connectivity index (χ1) is 24.2. The van der Waals surface area contributed by atoms with Gasteiger partial charge in [-0.2, -0.15) is 0 Å². The standard InChI is InChI=1S/C38H42FN5O6S/c1-38(2,3)50-37(47)42-16-6-4-5-10-29(45)19-24-8-7-9-28(18-24)44-51(48,49)30-12-14-31(34(39)22-30)27-21-33(35(40)43-23-27)25-11-13-32-26(20-25)15-17-41-36(32)46/h7-9,11-14,18,20-23,44H,4-6,10,15-17,19H2,1-3H3,(H2,40,43)(H,41,46)(H,42,47). The Kier molecular flexibility index (Phi) is 11.4. The number of nitrogen functional groups attached to an aromatic ring is 1. The van der Waals surface area contributed by atoms with Crippen molar-refractivity contribution in [1.29, 1.82) is 0 Å². The highest BCUT2D eigenvalue weighted by Crippen LogP contribution is 2.33. The minimum absolute atomic E-state index is 0.00658. The Labute approximate surface area is 297 Å². The van der Waals surface area contributed by atoms with Gasteiger partial charge in [0.15, 0.2) is 0 Å². The van der Waals surface area contributed by atoms with Crippen LogP contribution in [0.15, 0.2) is 77.8 Å². The molecular formula is C38H42FN5O6S. The summed E-state index contributed by atoms with van der Waals surface area (Å²) in [6.45, 7) is 6.37. The number of carbonyl (C=O) groups excluding carboxylic acids is 3. The largest absolute Gasteiger partial charge is 0.444 e. The molecule has 268 valence electrons. The quantitative estimate of drug-likeness (QED) is 0.115. The summed E-state index contributed by atoms with van der Waals surface area (Å²) in [5.41, 5.74) is 9.81. The molecule has 0 spiro atoms. The third kappa shape index (κ3) is 9.91. The van der Waals surface area contributed by atoms with Gasteiger partial charge < -0.3 is 21.1 Å². The van der Waals surface area contributed by atoms with Crippen molar-refractivity contribution >= 4 is 39.3 Å². The summed E-state index contributed by atoms with van der Waals surface area (Å²) < 4.78 is 49.7. The Morgan fingerprint density at radius 3 is 2.51 bits per heavy atom. The lowest BCUT2D eigenvalue weighted by Gasteiger charge is -2.19. The maximum absolute atomic E-state index is 15.5. The number of amides is 2. The fourth-order valence-electron chi connectivity index (χ4n) is 5.75. The number of alkyl carbamates (subject to hydrolysis) is 1. The van der Waals surface area contributed by atoms with Gasteiger partial charge in [-0.05, 0) is 93.1 Å². The lowest BCUT2D eigenvalue weighted by molar-refractivity contribution is -0.118. The van der Waals surface area contributed by atoms with Crippen molar-refractivity contribution < 1.29 is 31.9 Å². The summed E-state index contributed by atoms with van der Waals surface area (Å²) >= 11 is 0. The predicted octanol–water partition coefficient (Wildman–Crippen LogP) is 6.42. The third-order valence-corrected chi connectivity index (χ3v) is 9.58. The number of anilines is 2. The van der Waals surface area contributed by atoms with Crippen LogP contribution in [-0.4, -0.2) is 49.9 Å². The number of halogens is 1. The van der Waals surface area contributed by atoms with Crippen LogP contribution in [0.1, 0.15) is 67.9 Å². The fourth-order valence-corrected chi connectivity index (χ4v) is 6.81. The molecule has 5 N–H and O–H groups in total. The number of carbonyl (C=O) groups is 3. The van der Waals surface area contributed by atoms with Gasteiger partial charge in [-0.25, -0.2) is 22.6 Å². The van der Waals surface area contributed by atoms with Crippen LogP contribution in [0, 0.1) is 5.82 Å². The number of hydrogen-bond donors (Lipinski definition) is 4. The summed E-state index contributed by atoms with van der Waals surface area (Å²) in [4.78, 5) is 40.5. The summed E-state index contributed by atoms with van der Waals surface area (Å²) in [6.07, 6.45) is 4.23. The van der Waals surface area contributed by atoms with Crippen LogP contribution in [0.25, 0.3) is 22.3 Å². The van der Waals surface area contributed by atoms with E-state index in [-0.39, 0.29) is 40.1 Å². The van der Waals surface area contributed by atoms with Crippen molar-refractivity contribution in [3.63, 3.8) is 0 Å². The number of ether oxygens (including phenoxy) is 1. The number of nitrogens with two attached hydrogens (primary N) is 1. The Balaban J connectivity index is 1.19. The number of benzene rings is 3. The van der Waals surface area contributed by atoms with Crippen LogP contribution in [-0.2, 0) is 32.4 Å². The first-order valence-electron chi connectivity index (χ1n) is 16.8. The second-order valence-corrected chi connectivity index (χ2v) is 15.1. The molecule has 3 aromatic carbocycles. The van der Waals surface area contributed by atoms with Gasteiger partial charge in [0, 0.05) is 60.1 Å². The second-order valence-electron chi connectivity index (χ2n) is 13.4. The smallest absolute Gasteiger partial charge is 0.407 e. The van der Waals surface area contributed by atoms with Gasteiger partial charge in [-0.15, -0.1) is 0 Å². The van der Waals surface area contributed by atoms with Crippen molar-refractivity contribution in [1.82, 2.24) is 15.6 Å². The van der Waals surface area contributed by atoms with Gasteiger partial charge in [-0.3, -0.25) is 14.3 Å². The van der Waals surface area contributed by atoms with Crippen LogP contribution >= 0.6 is 0 Å². The number of hydrogen-bond acceptors (Lipinski definition) is 8. The monoisotopic (exact) mass is 715 g/mol. The van der Waals surface area contributed by atoms with E-state index in [0.29, 0.717) is 61.0 Å². The fraction of sp³-hybridized carbons (Fsp3) is 0.316. The molecule has 0 saturated carbocycles. The van der Waals surface area contributed by atoms with Crippen molar-refractivity contribution in [2.45, 2.75) is 69.8 Å². The Morgan fingerprint density at radius 1 is 0.961 bits per heavy atom. The molecule has 1 aromatic heterocycles. The van der Waals surface area contributed by atoms with E-state index in [4.69, 9.17) is 10.5 Å². The van der Waals surface area contributed by atoms with E-state index in [9.17, 15) is 22.8 Å². The lowest BCUT2D eigenvalue weighted by atomic mass is 9.94. The molecule has 5 rings (SSSR count). The van der Waals surface area contributed by atoms with Gasteiger partial charge in [0.25, 0.3) is 15.9 Å². The van der Waals surface area contributed by atoms with Crippen molar-refractivity contribution in [2.75, 3.05) is 23.5 Å². The van der Waals surface area contributed by atoms with Crippen molar-refractivity contribution in [3.05, 3.63) is 95.4 Å². The molecule has 0 fully saturated rings. The van der Waals surface area contributed by atoms with E-state index in [1.165, 1.54) is 18.3 Å². The number of fused-ring (bicyclic) bond motifs is 1. The van der Waals surface area contributed by atoms with E-state index in [0.717, 1.165) is 23.6 Å². The molecule has 0 radical (unpaired) electrons. The topological polar surface area (TPSA) is 170 Å². The predicted molar refractivity (Wildman–Crippen MR) is 194 cm³/mol. The van der Waals surface area contributed by atoms with Gasteiger partial charge in [0.05, 0.1) is 4.90 Å². The summed E-state index contributed by atoms with van der Waals surface area (Å²) in [5.74, 6) is -0.663. The number of aromatic nitrogens is 1. The van der Waals surface area contributed by atoms with Gasteiger partial charge in [-0.1, -0.05) is 36.8 Å². The minimum Gasteiger partial charge on any atom is -0.444 e. The Bertz CT molecular complexity index is 2060. The number of ketones is 1. The molecular weight excluding hydrogens is 674 g/mol. The first-order valence-corrected chi connectivity index (χ1v) is 18.2. The summed E-state index contributed by atoms with van der Waals surface area (Å²) in [6, 6.07) is 17.2. The molecule has 0 unspecified atom stereocenters. The SMILES string of the molecule is CC(C)(C)OC(=O)NCCCCCC(=O)Cc1cccc(NS(=O)(=O)c2ccc(-c3cnc(N)c(-c4ccc5c(c4)CCNC5=O)c3)c(F)c2)c1. The first kappa shape index (κ1) is 37.0. The van der Waals surface area contributed by atoms with Gasteiger partial charge in [0.1, 0.15) is 23.0 Å². The van der Waals surface area contributed by atoms with Crippen LogP contribution in [0.2, 0.25) is 0 Å². The summed E-state index contributed by atoms with van der Waals surface area (Å²) in [7, 11) is -4.17. The van der Waals surface area contributed by atoms with E-state index in [2.05, 4.69) is 20.3 Å². The minimum atomic E-state index is -4.17. The molecule has 0 saturated heterocycles. The average Bonchev–Trinajstić information content (AvgIpc) is 3.06. The highest BCUT2D eigenvalue weighted by Gasteiger charge is 2.21. The Hall–Kier alpha value is -5.30. The van der Waals surface area contributed by atoms with Crippen LogP contribution in [0.3, 0.4) is 0 Å². The number of sulfonamides is 1. The number of rotatable bonds is 13. The molecule has 0 atom stereocenters. The maximum atomic E-state index is 15.5. The molecule has 2 heterocycles. The third-order valence-electron chi connectivity index (χ3n) is 8.20. The van der Waals surface area contributed by atoms with E-state index >= 15 is 4.39 Å².